The zero-order chi connectivity index (χ0) is 13.0. The maximum Gasteiger partial charge on any atom is 0.271 e. The van der Waals surface area contributed by atoms with E-state index in [1.165, 1.54) is 12.8 Å². The molecule has 1 aromatic rings. The molecule has 0 unspecified atom stereocenters. The van der Waals surface area contributed by atoms with Crippen molar-refractivity contribution in [1.82, 2.24) is 20.4 Å². The number of anilines is 1. The van der Waals surface area contributed by atoms with Crippen LogP contribution in [0.5, 0.6) is 0 Å². The topological polar surface area (TPSA) is 70.2 Å². The van der Waals surface area contributed by atoms with Gasteiger partial charge in [-0.1, -0.05) is 0 Å². The van der Waals surface area contributed by atoms with Crippen LogP contribution in [0.3, 0.4) is 0 Å². The van der Waals surface area contributed by atoms with E-state index in [1.54, 1.807) is 19.2 Å². The van der Waals surface area contributed by atoms with Crippen molar-refractivity contribution in [3.63, 3.8) is 0 Å². The predicted molar refractivity (Wildman–Crippen MR) is 69.6 cm³/mol. The molecular formula is C12H19N5O. The summed E-state index contributed by atoms with van der Waals surface area (Å²) in [5, 5.41) is 13.5. The monoisotopic (exact) mass is 249 g/mol. The number of carbonyl (C=O) groups is 1. The Morgan fingerprint density at radius 1 is 1.44 bits per heavy atom. The number of nitrogens with one attached hydrogen (secondary N) is 2. The smallest absolute Gasteiger partial charge is 0.271 e. The van der Waals surface area contributed by atoms with Crippen LogP contribution < -0.4 is 10.6 Å². The maximum atomic E-state index is 11.3. The number of carbonyl (C=O) groups excluding carboxylic acids is 1. The number of aromatic nitrogens is 2. The Morgan fingerprint density at radius 2 is 2.22 bits per heavy atom. The summed E-state index contributed by atoms with van der Waals surface area (Å²) in [5.74, 6) is 0.481. The van der Waals surface area contributed by atoms with Gasteiger partial charge in [-0.3, -0.25) is 4.79 Å². The van der Waals surface area contributed by atoms with Crippen molar-refractivity contribution in [3.05, 3.63) is 17.8 Å². The summed E-state index contributed by atoms with van der Waals surface area (Å²) in [5.41, 5.74) is 0.332. The minimum atomic E-state index is -0.220. The normalized spacial score (nSPS) is 14.6. The fourth-order valence-corrected chi connectivity index (χ4v) is 1.73. The number of amides is 1. The van der Waals surface area contributed by atoms with Crippen LogP contribution in [0.1, 0.15) is 23.3 Å². The molecule has 2 rings (SSSR count). The zero-order valence-electron chi connectivity index (χ0n) is 10.8. The van der Waals surface area contributed by atoms with Gasteiger partial charge in [-0.05, 0) is 32.0 Å². The predicted octanol–water partition coefficient (Wildman–Crippen LogP) is 0.342. The Hall–Kier alpha value is -1.69. The third kappa shape index (κ3) is 3.40. The van der Waals surface area contributed by atoms with Gasteiger partial charge in [0.05, 0.1) is 0 Å². The number of hydrogen-bond acceptors (Lipinski definition) is 5. The van der Waals surface area contributed by atoms with Gasteiger partial charge < -0.3 is 15.5 Å². The largest absolute Gasteiger partial charge is 0.367 e. The summed E-state index contributed by atoms with van der Waals surface area (Å²) in [4.78, 5) is 13.6. The first kappa shape index (κ1) is 12.8. The first-order valence-electron chi connectivity index (χ1n) is 6.20. The average Bonchev–Trinajstić information content (AvgIpc) is 3.23. The molecule has 1 aromatic heterocycles. The molecule has 6 heteroatoms. The highest BCUT2D eigenvalue weighted by atomic mass is 16.1. The van der Waals surface area contributed by atoms with Crippen molar-refractivity contribution in [2.45, 2.75) is 18.9 Å². The van der Waals surface area contributed by atoms with Crippen molar-refractivity contribution >= 4 is 11.7 Å². The molecule has 0 bridgehead atoms. The van der Waals surface area contributed by atoms with E-state index in [-0.39, 0.29) is 5.91 Å². The molecule has 0 radical (unpaired) electrons. The van der Waals surface area contributed by atoms with Gasteiger partial charge in [-0.2, -0.15) is 0 Å². The molecule has 1 fully saturated rings. The summed E-state index contributed by atoms with van der Waals surface area (Å²) in [6.07, 6.45) is 2.63. The van der Waals surface area contributed by atoms with Crippen LogP contribution in [0, 0.1) is 0 Å². The van der Waals surface area contributed by atoms with Gasteiger partial charge in [0.1, 0.15) is 5.82 Å². The van der Waals surface area contributed by atoms with E-state index in [9.17, 15) is 4.79 Å². The van der Waals surface area contributed by atoms with Crippen molar-refractivity contribution in [1.29, 1.82) is 0 Å². The van der Waals surface area contributed by atoms with Gasteiger partial charge in [0.25, 0.3) is 5.91 Å². The molecule has 6 nitrogen and oxygen atoms in total. The van der Waals surface area contributed by atoms with E-state index in [0.29, 0.717) is 11.5 Å². The lowest BCUT2D eigenvalue weighted by atomic mass is 10.3. The molecule has 1 saturated carbocycles. The van der Waals surface area contributed by atoms with Crippen molar-refractivity contribution in [2.24, 2.45) is 0 Å². The fourth-order valence-electron chi connectivity index (χ4n) is 1.73. The van der Waals surface area contributed by atoms with Crippen LogP contribution in [0.2, 0.25) is 0 Å². The van der Waals surface area contributed by atoms with Gasteiger partial charge in [0.15, 0.2) is 5.69 Å². The Bertz CT molecular complexity index is 401. The zero-order valence-corrected chi connectivity index (χ0v) is 10.8. The van der Waals surface area contributed by atoms with E-state index < -0.39 is 0 Å². The second kappa shape index (κ2) is 5.77. The third-order valence-corrected chi connectivity index (χ3v) is 3.07. The highest BCUT2D eigenvalue weighted by Gasteiger charge is 2.25. The summed E-state index contributed by atoms with van der Waals surface area (Å²) in [6.45, 7) is 1.82. The van der Waals surface area contributed by atoms with Crippen molar-refractivity contribution in [2.75, 3.05) is 32.5 Å². The van der Waals surface area contributed by atoms with Gasteiger partial charge in [0, 0.05) is 26.2 Å². The molecular weight excluding hydrogens is 230 g/mol. The minimum absolute atomic E-state index is 0.220. The lowest BCUT2D eigenvalue weighted by Crippen LogP contribution is -2.27. The van der Waals surface area contributed by atoms with Crippen LogP contribution in [-0.2, 0) is 0 Å². The first-order chi connectivity index (χ1) is 8.70. The highest BCUT2D eigenvalue weighted by Crippen LogP contribution is 2.24. The quantitative estimate of drug-likeness (QED) is 0.761. The molecule has 0 aliphatic heterocycles. The number of rotatable bonds is 6. The van der Waals surface area contributed by atoms with Crippen molar-refractivity contribution in [3.8, 4) is 0 Å². The standard InChI is InChI=1S/C12H19N5O/c1-13-12(18)10-5-6-11(16-15-10)14-7-8-17(2)9-3-4-9/h5-6,9H,3-4,7-8H2,1-2H3,(H,13,18)(H,14,16). The maximum absolute atomic E-state index is 11.3. The van der Waals surface area contributed by atoms with Gasteiger partial charge in [0.2, 0.25) is 0 Å². The van der Waals surface area contributed by atoms with E-state index in [4.69, 9.17) is 0 Å². The molecule has 2 N–H and O–H groups in total. The number of hydrogen-bond donors (Lipinski definition) is 2. The molecule has 1 heterocycles. The van der Waals surface area contributed by atoms with Crippen LogP contribution in [0.4, 0.5) is 5.82 Å². The lowest BCUT2D eigenvalue weighted by Gasteiger charge is -2.15. The van der Waals surface area contributed by atoms with E-state index in [1.807, 2.05) is 0 Å². The highest BCUT2D eigenvalue weighted by molar-refractivity contribution is 5.91. The molecule has 1 aliphatic rings. The molecule has 0 saturated heterocycles. The van der Waals surface area contributed by atoms with Gasteiger partial charge in [-0.25, -0.2) is 0 Å². The molecule has 1 aliphatic carbocycles. The third-order valence-electron chi connectivity index (χ3n) is 3.07. The summed E-state index contributed by atoms with van der Waals surface area (Å²) >= 11 is 0. The number of likely N-dealkylation sites (N-methyl/N-ethyl adjacent to an activating group) is 1. The Labute approximate surface area is 107 Å². The summed E-state index contributed by atoms with van der Waals surface area (Å²) < 4.78 is 0. The molecule has 1 amide bonds. The second-order valence-electron chi connectivity index (χ2n) is 4.52. The summed E-state index contributed by atoms with van der Waals surface area (Å²) in [6, 6.07) is 4.21. The molecule has 0 aromatic carbocycles. The minimum Gasteiger partial charge on any atom is -0.367 e. The SMILES string of the molecule is CNC(=O)c1ccc(NCCN(C)C2CC2)nn1. The van der Waals surface area contributed by atoms with Crippen molar-refractivity contribution < 1.29 is 4.79 Å². The molecule has 18 heavy (non-hydrogen) atoms. The van der Waals surface area contributed by atoms with Crippen LogP contribution >= 0.6 is 0 Å². The van der Waals surface area contributed by atoms with E-state index in [2.05, 4.69) is 32.8 Å². The Balaban J connectivity index is 1.77. The van der Waals surface area contributed by atoms with Crippen LogP contribution in [0.15, 0.2) is 12.1 Å². The van der Waals surface area contributed by atoms with Crippen LogP contribution in [-0.4, -0.2) is 54.2 Å². The summed E-state index contributed by atoms with van der Waals surface area (Å²) in [7, 11) is 3.71. The van der Waals surface area contributed by atoms with Crippen LogP contribution in [0.25, 0.3) is 0 Å². The van der Waals surface area contributed by atoms with Gasteiger partial charge >= 0.3 is 0 Å². The van der Waals surface area contributed by atoms with E-state index in [0.717, 1.165) is 19.1 Å². The molecule has 0 spiro atoms. The average molecular weight is 249 g/mol. The molecule has 0 atom stereocenters. The van der Waals surface area contributed by atoms with Gasteiger partial charge in [-0.15, -0.1) is 10.2 Å². The second-order valence-corrected chi connectivity index (χ2v) is 4.52. The van der Waals surface area contributed by atoms with E-state index >= 15 is 0 Å². The fraction of sp³-hybridized carbons (Fsp3) is 0.583. The molecule has 98 valence electrons. The Morgan fingerprint density at radius 3 is 2.78 bits per heavy atom. The first-order valence-corrected chi connectivity index (χ1v) is 6.20. The number of nitrogens with zero attached hydrogens (tertiary/aromatic N) is 3. The lowest BCUT2D eigenvalue weighted by molar-refractivity contribution is 0.0957. The Kier molecular flexibility index (Phi) is 4.09.